The first kappa shape index (κ1) is 13.6. The predicted octanol–water partition coefficient (Wildman–Crippen LogP) is 4.16. The van der Waals surface area contributed by atoms with Crippen LogP contribution >= 0.6 is 11.3 Å². The Labute approximate surface area is 125 Å². The second-order valence-corrected chi connectivity index (χ2v) is 5.48. The summed E-state index contributed by atoms with van der Waals surface area (Å²) in [6.07, 6.45) is 0. The van der Waals surface area contributed by atoms with Crippen molar-refractivity contribution in [2.45, 2.75) is 6.92 Å². The van der Waals surface area contributed by atoms with E-state index in [2.05, 4.69) is 10.3 Å². The lowest BCUT2D eigenvalue weighted by atomic mass is 10.3. The number of aromatic nitrogens is 1. The Morgan fingerprint density at radius 3 is 2.90 bits per heavy atom. The molecule has 2 aromatic carbocycles. The number of fused-ring (bicyclic) bond motifs is 1. The van der Waals surface area contributed by atoms with Crippen LogP contribution in [0.2, 0.25) is 0 Å². The highest BCUT2D eigenvalue weighted by Gasteiger charge is 2.07. The molecule has 0 aliphatic carbocycles. The van der Waals surface area contributed by atoms with Crippen LogP contribution in [0.5, 0.6) is 5.75 Å². The Morgan fingerprint density at radius 1 is 1.29 bits per heavy atom. The number of ether oxygens (including phenoxy) is 1. The van der Waals surface area contributed by atoms with Crippen molar-refractivity contribution in [2.24, 2.45) is 0 Å². The Morgan fingerprint density at radius 2 is 2.14 bits per heavy atom. The van der Waals surface area contributed by atoms with Gasteiger partial charge in [-0.25, -0.2) is 9.37 Å². The van der Waals surface area contributed by atoms with Crippen LogP contribution in [0.4, 0.5) is 20.9 Å². The van der Waals surface area contributed by atoms with Crippen LogP contribution in [-0.2, 0) is 0 Å². The number of rotatable bonds is 4. The maximum Gasteiger partial charge on any atom is 0.188 e. The van der Waals surface area contributed by atoms with Gasteiger partial charge in [-0.2, -0.15) is 0 Å². The van der Waals surface area contributed by atoms with E-state index in [-0.39, 0.29) is 5.75 Å². The lowest BCUT2D eigenvalue weighted by molar-refractivity contribution is 0.321. The van der Waals surface area contributed by atoms with Gasteiger partial charge in [-0.1, -0.05) is 11.3 Å². The van der Waals surface area contributed by atoms with E-state index in [1.54, 1.807) is 12.1 Å². The van der Waals surface area contributed by atoms with Crippen LogP contribution in [0.3, 0.4) is 0 Å². The quantitative estimate of drug-likeness (QED) is 0.710. The first-order chi connectivity index (χ1) is 10.2. The fraction of sp³-hybridized carbons (Fsp3) is 0.133. The van der Waals surface area contributed by atoms with Gasteiger partial charge in [0.15, 0.2) is 16.7 Å². The molecule has 0 bridgehead atoms. The van der Waals surface area contributed by atoms with Crippen LogP contribution in [0.15, 0.2) is 36.4 Å². The van der Waals surface area contributed by atoms with E-state index in [1.165, 1.54) is 17.4 Å². The van der Waals surface area contributed by atoms with E-state index in [4.69, 9.17) is 10.5 Å². The molecular formula is C15H14FN3OS. The zero-order chi connectivity index (χ0) is 14.8. The average Bonchev–Trinajstić information content (AvgIpc) is 2.83. The molecule has 3 N–H and O–H groups in total. The average molecular weight is 303 g/mol. The molecule has 108 valence electrons. The maximum atomic E-state index is 13.8. The number of nitrogens with one attached hydrogen (secondary N) is 1. The van der Waals surface area contributed by atoms with Gasteiger partial charge in [0.2, 0.25) is 0 Å². The van der Waals surface area contributed by atoms with Gasteiger partial charge in [-0.15, -0.1) is 0 Å². The summed E-state index contributed by atoms with van der Waals surface area (Å²) in [6, 6.07) is 10.3. The molecule has 3 aromatic rings. The highest BCUT2D eigenvalue weighted by Crippen LogP contribution is 2.30. The number of nitrogens with two attached hydrogens (primary N) is 1. The third-order valence-electron chi connectivity index (χ3n) is 2.90. The fourth-order valence-corrected chi connectivity index (χ4v) is 2.90. The topological polar surface area (TPSA) is 60.2 Å². The number of hydrogen-bond acceptors (Lipinski definition) is 5. The second-order valence-electron chi connectivity index (χ2n) is 4.45. The summed E-state index contributed by atoms with van der Waals surface area (Å²) in [5.41, 5.74) is 7.94. The minimum atomic E-state index is -0.396. The molecule has 4 nitrogen and oxygen atoms in total. The maximum absolute atomic E-state index is 13.8. The number of nitrogens with zero attached hydrogens (tertiary/aromatic N) is 1. The lowest BCUT2D eigenvalue weighted by Crippen LogP contribution is -1.96. The van der Waals surface area contributed by atoms with Gasteiger partial charge >= 0.3 is 0 Å². The minimum Gasteiger partial charge on any atom is -0.491 e. The molecule has 0 aliphatic rings. The summed E-state index contributed by atoms with van der Waals surface area (Å²) in [7, 11) is 0. The molecule has 6 heteroatoms. The normalized spacial score (nSPS) is 10.8. The third kappa shape index (κ3) is 2.90. The van der Waals surface area contributed by atoms with Crippen LogP contribution in [-0.4, -0.2) is 11.6 Å². The molecule has 0 saturated heterocycles. The molecule has 0 spiro atoms. The summed E-state index contributed by atoms with van der Waals surface area (Å²) in [5, 5.41) is 3.79. The molecule has 3 rings (SSSR count). The highest BCUT2D eigenvalue weighted by molar-refractivity contribution is 7.22. The summed E-state index contributed by atoms with van der Waals surface area (Å²) >= 11 is 1.47. The predicted molar refractivity (Wildman–Crippen MR) is 84.9 cm³/mol. The van der Waals surface area contributed by atoms with Crippen LogP contribution in [0.25, 0.3) is 10.2 Å². The fourth-order valence-electron chi connectivity index (χ4n) is 1.97. The smallest absolute Gasteiger partial charge is 0.188 e. The summed E-state index contributed by atoms with van der Waals surface area (Å²) in [6.45, 7) is 2.25. The van der Waals surface area contributed by atoms with E-state index in [0.29, 0.717) is 23.1 Å². The van der Waals surface area contributed by atoms with Crippen molar-refractivity contribution in [1.29, 1.82) is 0 Å². The SMILES string of the molecule is CCOc1ccc(Nc2nc3ccc(N)cc3s2)cc1F. The summed E-state index contributed by atoms with van der Waals surface area (Å²) in [5.74, 6) is -0.146. The minimum absolute atomic E-state index is 0.250. The van der Waals surface area contributed by atoms with Crippen LogP contribution < -0.4 is 15.8 Å². The molecule has 0 atom stereocenters. The standard InChI is InChI=1S/C15H14FN3OS/c1-2-20-13-6-4-10(8-11(13)16)18-15-19-12-5-3-9(17)7-14(12)21-15/h3-8H,2,17H2,1H3,(H,18,19). The van der Waals surface area contributed by atoms with Crippen LogP contribution in [0.1, 0.15) is 6.92 Å². The molecule has 0 saturated carbocycles. The molecule has 1 heterocycles. The van der Waals surface area contributed by atoms with Crippen molar-refractivity contribution < 1.29 is 9.13 Å². The molecule has 0 fully saturated rings. The Hall–Kier alpha value is -2.34. The van der Waals surface area contributed by atoms with Gasteiger partial charge in [0.25, 0.3) is 0 Å². The van der Waals surface area contributed by atoms with Gasteiger partial charge < -0.3 is 15.8 Å². The molecule has 0 unspecified atom stereocenters. The van der Waals surface area contributed by atoms with Gasteiger partial charge in [0, 0.05) is 17.4 Å². The molecular weight excluding hydrogens is 289 g/mol. The van der Waals surface area contributed by atoms with Crippen LogP contribution in [0, 0.1) is 5.82 Å². The van der Waals surface area contributed by atoms with Gasteiger partial charge in [-0.05, 0) is 37.3 Å². The Balaban J connectivity index is 1.86. The molecule has 21 heavy (non-hydrogen) atoms. The molecule has 0 radical (unpaired) electrons. The zero-order valence-corrected chi connectivity index (χ0v) is 12.2. The van der Waals surface area contributed by atoms with Crippen molar-refractivity contribution in [3.05, 3.63) is 42.2 Å². The third-order valence-corrected chi connectivity index (χ3v) is 3.83. The monoisotopic (exact) mass is 303 g/mol. The Kier molecular flexibility index (Phi) is 3.62. The van der Waals surface area contributed by atoms with Crippen molar-refractivity contribution >= 4 is 38.1 Å². The molecule has 0 aliphatic heterocycles. The number of halogens is 1. The lowest BCUT2D eigenvalue weighted by Gasteiger charge is -2.07. The van der Waals surface area contributed by atoms with Gasteiger partial charge in [-0.3, -0.25) is 0 Å². The first-order valence-corrected chi connectivity index (χ1v) is 7.33. The van der Waals surface area contributed by atoms with Crippen molar-refractivity contribution in [3.8, 4) is 5.75 Å². The molecule has 0 amide bonds. The summed E-state index contributed by atoms with van der Waals surface area (Å²) in [4.78, 5) is 4.44. The zero-order valence-electron chi connectivity index (χ0n) is 11.4. The summed E-state index contributed by atoms with van der Waals surface area (Å²) < 4.78 is 20.0. The second kappa shape index (κ2) is 5.57. The first-order valence-electron chi connectivity index (χ1n) is 6.51. The van der Waals surface area contributed by atoms with E-state index in [0.717, 1.165) is 10.2 Å². The number of hydrogen-bond donors (Lipinski definition) is 2. The van der Waals surface area contributed by atoms with Crippen molar-refractivity contribution in [2.75, 3.05) is 17.7 Å². The number of nitrogen functional groups attached to an aromatic ring is 1. The largest absolute Gasteiger partial charge is 0.491 e. The van der Waals surface area contributed by atoms with E-state index < -0.39 is 5.82 Å². The van der Waals surface area contributed by atoms with Crippen molar-refractivity contribution in [3.63, 3.8) is 0 Å². The molecule has 1 aromatic heterocycles. The van der Waals surface area contributed by atoms with Gasteiger partial charge in [0.05, 0.1) is 16.8 Å². The number of benzene rings is 2. The van der Waals surface area contributed by atoms with E-state index >= 15 is 0 Å². The van der Waals surface area contributed by atoms with Crippen molar-refractivity contribution in [1.82, 2.24) is 4.98 Å². The highest BCUT2D eigenvalue weighted by atomic mass is 32.1. The number of anilines is 3. The van der Waals surface area contributed by atoms with E-state index in [9.17, 15) is 4.39 Å². The van der Waals surface area contributed by atoms with Gasteiger partial charge in [0.1, 0.15) is 0 Å². The Bertz CT molecular complexity index is 788. The van der Waals surface area contributed by atoms with E-state index in [1.807, 2.05) is 25.1 Å². The number of thiazole rings is 1.